The van der Waals surface area contributed by atoms with Gasteiger partial charge in [-0.05, 0) is 25.8 Å². The van der Waals surface area contributed by atoms with E-state index in [1.165, 1.54) is 13.2 Å². The van der Waals surface area contributed by atoms with Crippen molar-refractivity contribution in [3.63, 3.8) is 0 Å². The van der Waals surface area contributed by atoms with Crippen LogP contribution in [-0.4, -0.2) is 32.1 Å². The molecular weight excluding hydrogens is 292 g/mol. The lowest BCUT2D eigenvalue weighted by molar-refractivity contribution is 0.0589. The van der Waals surface area contributed by atoms with E-state index < -0.39 is 16.0 Å². The second-order valence-corrected chi connectivity index (χ2v) is 7.17. The molecule has 1 aromatic rings. The van der Waals surface area contributed by atoms with Gasteiger partial charge in [0.15, 0.2) is 0 Å². The van der Waals surface area contributed by atoms with E-state index >= 15 is 0 Å². The molecule has 0 radical (unpaired) electrons. The molecule has 6 nitrogen and oxygen atoms in total. The number of methoxy groups -OCH3 is 1. The van der Waals surface area contributed by atoms with Gasteiger partial charge in [-0.15, -0.1) is 0 Å². The number of ether oxygens (including phenoxy) is 1. The van der Waals surface area contributed by atoms with E-state index in [9.17, 15) is 13.2 Å². The van der Waals surface area contributed by atoms with Crippen molar-refractivity contribution >= 4 is 16.0 Å². The molecule has 1 aliphatic rings. The van der Waals surface area contributed by atoms with Gasteiger partial charge in [-0.1, -0.05) is 19.3 Å². The van der Waals surface area contributed by atoms with Crippen LogP contribution >= 0.6 is 0 Å². The van der Waals surface area contributed by atoms with Crippen LogP contribution in [-0.2, 0) is 21.8 Å². The summed E-state index contributed by atoms with van der Waals surface area (Å²) >= 11 is 0. The average Bonchev–Trinajstić information content (AvgIpc) is 2.76. The van der Waals surface area contributed by atoms with E-state index in [0.29, 0.717) is 5.69 Å². The Hall–Kier alpha value is -1.34. The van der Waals surface area contributed by atoms with Gasteiger partial charge < -0.3 is 9.30 Å². The quantitative estimate of drug-likeness (QED) is 0.859. The van der Waals surface area contributed by atoms with Gasteiger partial charge in [0, 0.05) is 18.8 Å². The van der Waals surface area contributed by atoms with Gasteiger partial charge in [0.1, 0.15) is 10.6 Å². The lowest BCUT2D eigenvalue weighted by Gasteiger charge is -2.22. The SMILES string of the molecule is COC(=O)c1cc(S(=O)(=O)NC2CCCCC2)c(C)n1C. The molecule has 0 atom stereocenters. The Bertz CT molecular complexity index is 628. The highest BCUT2D eigenvalue weighted by Gasteiger charge is 2.27. The summed E-state index contributed by atoms with van der Waals surface area (Å²) in [6.45, 7) is 1.68. The molecule has 7 heteroatoms. The summed E-state index contributed by atoms with van der Waals surface area (Å²) in [5.41, 5.74) is 0.762. The maximum Gasteiger partial charge on any atom is 0.354 e. The molecule has 0 bridgehead atoms. The molecule has 0 aromatic carbocycles. The first kappa shape index (κ1) is 16.0. The lowest BCUT2D eigenvalue weighted by Crippen LogP contribution is -2.36. The summed E-state index contributed by atoms with van der Waals surface area (Å²) < 4.78 is 34.0. The van der Waals surface area contributed by atoms with E-state index in [2.05, 4.69) is 9.46 Å². The second kappa shape index (κ2) is 6.19. The van der Waals surface area contributed by atoms with Gasteiger partial charge in [0.25, 0.3) is 0 Å². The first-order valence-electron chi connectivity index (χ1n) is 7.14. The minimum Gasteiger partial charge on any atom is -0.464 e. The summed E-state index contributed by atoms with van der Waals surface area (Å²) in [4.78, 5) is 11.8. The fourth-order valence-corrected chi connectivity index (χ4v) is 4.34. The van der Waals surface area contributed by atoms with E-state index in [-0.39, 0.29) is 16.6 Å². The number of nitrogens with zero attached hydrogens (tertiary/aromatic N) is 1. The van der Waals surface area contributed by atoms with E-state index in [0.717, 1.165) is 32.1 Å². The zero-order valence-corrected chi connectivity index (χ0v) is 13.5. The molecule has 2 rings (SSSR count). The first-order chi connectivity index (χ1) is 9.86. The monoisotopic (exact) mass is 314 g/mol. The zero-order valence-electron chi connectivity index (χ0n) is 12.7. The van der Waals surface area contributed by atoms with Gasteiger partial charge in [-0.25, -0.2) is 17.9 Å². The van der Waals surface area contributed by atoms with Gasteiger partial charge in [0.2, 0.25) is 10.0 Å². The number of carbonyl (C=O) groups is 1. The molecule has 0 amide bonds. The Morgan fingerprint density at radius 1 is 1.33 bits per heavy atom. The third-order valence-electron chi connectivity index (χ3n) is 4.10. The molecule has 1 aliphatic carbocycles. The fraction of sp³-hybridized carbons (Fsp3) is 0.643. The largest absolute Gasteiger partial charge is 0.464 e. The Balaban J connectivity index is 2.29. The maximum atomic E-state index is 12.5. The number of hydrogen-bond donors (Lipinski definition) is 1. The molecule has 1 heterocycles. The molecule has 1 saturated carbocycles. The van der Waals surface area contributed by atoms with Crippen LogP contribution < -0.4 is 4.72 Å². The number of rotatable bonds is 4. The number of aromatic nitrogens is 1. The third kappa shape index (κ3) is 3.29. The predicted octanol–water partition coefficient (Wildman–Crippen LogP) is 1.73. The van der Waals surface area contributed by atoms with Crippen molar-refractivity contribution < 1.29 is 17.9 Å². The number of esters is 1. The van der Waals surface area contributed by atoms with Crippen molar-refractivity contribution in [3.8, 4) is 0 Å². The summed E-state index contributed by atoms with van der Waals surface area (Å²) in [7, 11) is -0.682. The van der Waals surface area contributed by atoms with Crippen LogP contribution in [0.1, 0.15) is 48.3 Å². The van der Waals surface area contributed by atoms with Gasteiger partial charge >= 0.3 is 5.97 Å². The lowest BCUT2D eigenvalue weighted by atomic mass is 9.96. The molecule has 0 unspecified atom stereocenters. The number of nitrogens with one attached hydrogen (secondary N) is 1. The highest BCUT2D eigenvalue weighted by molar-refractivity contribution is 7.89. The normalized spacial score (nSPS) is 16.9. The van der Waals surface area contributed by atoms with Gasteiger partial charge in [-0.2, -0.15) is 0 Å². The van der Waals surface area contributed by atoms with Crippen molar-refractivity contribution in [1.29, 1.82) is 0 Å². The van der Waals surface area contributed by atoms with E-state index in [4.69, 9.17) is 0 Å². The highest BCUT2D eigenvalue weighted by atomic mass is 32.2. The van der Waals surface area contributed by atoms with Crippen molar-refractivity contribution in [3.05, 3.63) is 17.5 Å². The van der Waals surface area contributed by atoms with Gasteiger partial charge in [0.05, 0.1) is 7.11 Å². The van der Waals surface area contributed by atoms with E-state index in [1.807, 2.05) is 0 Å². The Labute approximate surface area is 125 Å². The van der Waals surface area contributed by atoms with Crippen molar-refractivity contribution in [2.75, 3.05) is 7.11 Å². The topological polar surface area (TPSA) is 77.4 Å². The number of hydrogen-bond acceptors (Lipinski definition) is 4. The van der Waals surface area contributed by atoms with Crippen LogP contribution in [0.3, 0.4) is 0 Å². The van der Waals surface area contributed by atoms with Crippen LogP contribution in [0.2, 0.25) is 0 Å². The summed E-state index contributed by atoms with van der Waals surface area (Å²) in [5.74, 6) is -0.542. The third-order valence-corrected chi connectivity index (χ3v) is 5.74. The van der Waals surface area contributed by atoms with Crippen LogP contribution in [0.4, 0.5) is 0 Å². The molecule has 118 valence electrons. The molecule has 1 aromatic heterocycles. The summed E-state index contributed by atoms with van der Waals surface area (Å²) in [5, 5.41) is 0. The molecule has 1 N–H and O–H groups in total. The summed E-state index contributed by atoms with van der Waals surface area (Å²) in [6, 6.07) is 1.37. The minimum absolute atomic E-state index is 0.00932. The molecule has 1 fully saturated rings. The molecule has 0 saturated heterocycles. The molecule has 21 heavy (non-hydrogen) atoms. The first-order valence-corrected chi connectivity index (χ1v) is 8.62. The highest BCUT2D eigenvalue weighted by Crippen LogP contribution is 2.23. The predicted molar refractivity (Wildman–Crippen MR) is 78.7 cm³/mol. The molecule has 0 aliphatic heterocycles. The van der Waals surface area contributed by atoms with Crippen molar-refractivity contribution in [1.82, 2.24) is 9.29 Å². The fourth-order valence-electron chi connectivity index (χ4n) is 2.75. The maximum absolute atomic E-state index is 12.5. The standard InChI is InChI=1S/C14H22N2O4S/c1-10-13(9-12(16(10)2)14(17)20-3)21(18,19)15-11-7-5-4-6-8-11/h9,11,15H,4-8H2,1-3H3. The Morgan fingerprint density at radius 2 is 1.95 bits per heavy atom. The van der Waals surface area contributed by atoms with Crippen LogP contribution in [0.5, 0.6) is 0 Å². The van der Waals surface area contributed by atoms with Crippen molar-refractivity contribution in [2.24, 2.45) is 7.05 Å². The minimum atomic E-state index is -3.61. The van der Waals surface area contributed by atoms with Crippen molar-refractivity contribution in [2.45, 2.75) is 50.0 Å². The second-order valence-electron chi connectivity index (χ2n) is 5.49. The van der Waals surface area contributed by atoms with Crippen LogP contribution in [0, 0.1) is 6.92 Å². The average molecular weight is 314 g/mol. The number of sulfonamides is 1. The zero-order chi connectivity index (χ0) is 15.6. The Morgan fingerprint density at radius 3 is 2.52 bits per heavy atom. The number of carbonyl (C=O) groups excluding carboxylic acids is 1. The van der Waals surface area contributed by atoms with Gasteiger partial charge in [-0.3, -0.25) is 0 Å². The smallest absolute Gasteiger partial charge is 0.354 e. The van der Waals surface area contributed by atoms with E-state index in [1.54, 1.807) is 18.5 Å². The Kier molecular flexibility index (Phi) is 4.73. The van der Waals surface area contributed by atoms with Crippen LogP contribution in [0.15, 0.2) is 11.0 Å². The van der Waals surface area contributed by atoms with Crippen LogP contribution in [0.25, 0.3) is 0 Å². The molecule has 0 spiro atoms. The summed E-state index contributed by atoms with van der Waals surface area (Å²) in [6.07, 6.45) is 5.00. The molecular formula is C14H22N2O4S.